The zero-order valence-corrected chi connectivity index (χ0v) is 16.2. The number of carbonyl (C=O) groups is 2. The van der Waals surface area contributed by atoms with Gasteiger partial charge in [0.1, 0.15) is 18.0 Å². The highest BCUT2D eigenvalue weighted by Gasteiger charge is 2.30. The lowest BCUT2D eigenvalue weighted by atomic mass is 10.1. The Morgan fingerprint density at radius 2 is 1.79 bits per heavy atom. The number of amides is 3. The summed E-state index contributed by atoms with van der Waals surface area (Å²) < 4.78 is 10.5. The minimum absolute atomic E-state index is 0.0530. The van der Waals surface area contributed by atoms with E-state index in [0.717, 1.165) is 22.7 Å². The average molecular weight is 383 g/mol. The molecule has 1 fully saturated rings. The van der Waals surface area contributed by atoms with Crippen molar-refractivity contribution < 1.29 is 19.1 Å². The maximum atomic E-state index is 12.6. The van der Waals surface area contributed by atoms with E-state index in [1.807, 2.05) is 48.5 Å². The molecule has 3 rings (SSSR count). The lowest BCUT2D eigenvalue weighted by Crippen LogP contribution is -2.40. The van der Waals surface area contributed by atoms with E-state index in [1.165, 1.54) is 0 Å². The van der Waals surface area contributed by atoms with Gasteiger partial charge in [-0.3, -0.25) is 9.69 Å². The Bertz CT molecular complexity index is 823. The molecule has 0 spiro atoms. The molecular formula is C21H25N3O4. The molecule has 7 heteroatoms. The van der Waals surface area contributed by atoms with Crippen molar-refractivity contribution in [3.05, 3.63) is 54.1 Å². The number of rotatable bonds is 8. The van der Waals surface area contributed by atoms with Crippen LogP contribution >= 0.6 is 0 Å². The van der Waals surface area contributed by atoms with Gasteiger partial charge in [-0.1, -0.05) is 18.2 Å². The third-order valence-electron chi connectivity index (χ3n) is 4.72. The van der Waals surface area contributed by atoms with Crippen LogP contribution in [0.15, 0.2) is 48.5 Å². The van der Waals surface area contributed by atoms with E-state index in [2.05, 4.69) is 5.32 Å². The van der Waals surface area contributed by atoms with Crippen LogP contribution in [0.4, 0.5) is 10.5 Å². The van der Waals surface area contributed by atoms with Crippen LogP contribution in [0.25, 0.3) is 0 Å². The molecule has 1 aliphatic heterocycles. The highest BCUT2D eigenvalue weighted by Crippen LogP contribution is 2.23. The Labute approximate surface area is 164 Å². The molecule has 1 saturated heterocycles. The van der Waals surface area contributed by atoms with Crippen LogP contribution in [0.3, 0.4) is 0 Å². The summed E-state index contributed by atoms with van der Waals surface area (Å²) in [4.78, 5) is 28.1. The van der Waals surface area contributed by atoms with Crippen LogP contribution < -0.4 is 19.7 Å². The van der Waals surface area contributed by atoms with E-state index in [9.17, 15) is 9.59 Å². The molecule has 28 heavy (non-hydrogen) atoms. The highest BCUT2D eigenvalue weighted by molar-refractivity contribution is 5.96. The van der Waals surface area contributed by atoms with Crippen molar-refractivity contribution in [2.24, 2.45) is 0 Å². The molecule has 2 aromatic rings. The zero-order valence-electron chi connectivity index (χ0n) is 16.2. The highest BCUT2D eigenvalue weighted by atomic mass is 16.5. The van der Waals surface area contributed by atoms with Gasteiger partial charge in [-0.15, -0.1) is 0 Å². The number of para-hydroxylation sites is 1. The standard InChI is InChI=1S/C21H25N3O4/c1-27-18-9-7-17(8-10-18)24-14-13-23(21(24)26)15-20(25)22-12-11-16-5-3-4-6-19(16)28-2/h3-10H,11-15H2,1-2H3,(H,22,25). The summed E-state index contributed by atoms with van der Waals surface area (Å²) in [5.41, 5.74) is 1.83. The Kier molecular flexibility index (Phi) is 6.37. The Hall–Kier alpha value is -3.22. The molecule has 0 aliphatic carbocycles. The molecule has 0 unspecified atom stereocenters. The number of benzene rings is 2. The molecule has 1 heterocycles. The summed E-state index contributed by atoms with van der Waals surface area (Å²) in [5, 5.41) is 2.88. The number of urea groups is 1. The van der Waals surface area contributed by atoms with Crippen LogP contribution in [0, 0.1) is 0 Å². The Morgan fingerprint density at radius 1 is 1.04 bits per heavy atom. The summed E-state index contributed by atoms with van der Waals surface area (Å²) >= 11 is 0. The second-order valence-electron chi connectivity index (χ2n) is 6.47. The topological polar surface area (TPSA) is 71.1 Å². The quantitative estimate of drug-likeness (QED) is 0.759. The fraction of sp³-hybridized carbons (Fsp3) is 0.333. The fourth-order valence-corrected chi connectivity index (χ4v) is 3.21. The van der Waals surface area contributed by atoms with Gasteiger partial charge in [0.15, 0.2) is 0 Å². The summed E-state index contributed by atoms with van der Waals surface area (Å²) in [6.07, 6.45) is 0.668. The van der Waals surface area contributed by atoms with Crippen molar-refractivity contribution in [2.45, 2.75) is 6.42 Å². The molecular weight excluding hydrogens is 358 g/mol. The van der Waals surface area contributed by atoms with Gasteiger partial charge in [-0.25, -0.2) is 4.79 Å². The predicted octanol–water partition coefficient (Wildman–Crippen LogP) is 2.30. The van der Waals surface area contributed by atoms with E-state index >= 15 is 0 Å². The maximum absolute atomic E-state index is 12.6. The first kappa shape index (κ1) is 19.5. The predicted molar refractivity (Wildman–Crippen MR) is 107 cm³/mol. The summed E-state index contributed by atoms with van der Waals surface area (Å²) in [6.45, 7) is 1.62. The minimum Gasteiger partial charge on any atom is -0.497 e. The molecule has 3 amide bonds. The van der Waals surface area contributed by atoms with Gasteiger partial charge >= 0.3 is 6.03 Å². The number of hydrogen-bond acceptors (Lipinski definition) is 4. The normalized spacial score (nSPS) is 13.6. The molecule has 1 N–H and O–H groups in total. The molecule has 0 aromatic heterocycles. The van der Waals surface area contributed by atoms with Crippen molar-refractivity contribution in [1.29, 1.82) is 0 Å². The number of carbonyl (C=O) groups excluding carboxylic acids is 2. The maximum Gasteiger partial charge on any atom is 0.325 e. The van der Waals surface area contributed by atoms with Crippen molar-refractivity contribution in [3.63, 3.8) is 0 Å². The van der Waals surface area contributed by atoms with Crippen LogP contribution in [-0.4, -0.2) is 57.2 Å². The largest absolute Gasteiger partial charge is 0.497 e. The van der Waals surface area contributed by atoms with Crippen LogP contribution in [0.5, 0.6) is 11.5 Å². The monoisotopic (exact) mass is 383 g/mol. The van der Waals surface area contributed by atoms with E-state index in [0.29, 0.717) is 26.1 Å². The van der Waals surface area contributed by atoms with Crippen molar-refractivity contribution >= 4 is 17.6 Å². The second-order valence-corrected chi connectivity index (χ2v) is 6.47. The van der Waals surface area contributed by atoms with E-state index in [4.69, 9.17) is 9.47 Å². The number of nitrogens with zero attached hydrogens (tertiary/aromatic N) is 2. The molecule has 0 radical (unpaired) electrons. The van der Waals surface area contributed by atoms with Crippen molar-refractivity contribution in [3.8, 4) is 11.5 Å². The van der Waals surface area contributed by atoms with Gasteiger partial charge in [-0.2, -0.15) is 0 Å². The molecule has 0 atom stereocenters. The minimum atomic E-state index is -0.167. The van der Waals surface area contributed by atoms with Gasteiger partial charge < -0.3 is 19.7 Å². The van der Waals surface area contributed by atoms with Gasteiger partial charge in [0, 0.05) is 25.3 Å². The number of methoxy groups -OCH3 is 2. The molecule has 0 saturated carbocycles. The number of ether oxygens (including phenoxy) is 2. The summed E-state index contributed by atoms with van der Waals surface area (Å²) in [5.74, 6) is 1.38. The lowest BCUT2D eigenvalue weighted by Gasteiger charge is -2.18. The Balaban J connectivity index is 1.48. The van der Waals surface area contributed by atoms with Crippen molar-refractivity contribution in [2.75, 3.05) is 45.3 Å². The summed E-state index contributed by atoms with van der Waals surface area (Å²) in [6, 6.07) is 14.9. The third kappa shape index (κ3) is 4.54. The van der Waals surface area contributed by atoms with Gasteiger partial charge in [-0.05, 0) is 42.3 Å². The first-order valence-corrected chi connectivity index (χ1v) is 9.21. The van der Waals surface area contributed by atoms with E-state index in [1.54, 1.807) is 24.0 Å². The number of nitrogens with one attached hydrogen (secondary N) is 1. The third-order valence-corrected chi connectivity index (χ3v) is 4.72. The van der Waals surface area contributed by atoms with E-state index < -0.39 is 0 Å². The molecule has 2 aromatic carbocycles. The number of hydrogen-bond donors (Lipinski definition) is 1. The molecule has 7 nitrogen and oxygen atoms in total. The first-order chi connectivity index (χ1) is 13.6. The average Bonchev–Trinajstić information content (AvgIpc) is 3.08. The fourth-order valence-electron chi connectivity index (χ4n) is 3.21. The zero-order chi connectivity index (χ0) is 19.9. The van der Waals surface area contributed by atoms with Crippen LogP contribution in [-0.2, 0) is 11.2 Å². The smallest absolute Gasteiger partial charge is 0.325 e. The second kappa shape index (κ2) is 9.12. The van der Waals surface area contributed by atoms with Crippen molar-refractivity contribution in [1.82, 2.24) is 10.2 Å². The lowest BCUT2D eigenvalue weighted by molar-refractivity contribution is -0.121. The van der Waals surface area contributed by atoms with Crippen LogP contribution in [0.2, 0.25) is 0 Å². The van der Waals surface area contributed by atoms with Gasteiger partial charge in [0.05, 0.1) is 14.2 Å². The van der Waals surface area contributed by atoms with Gasteiger partial charge in [0.2, 0.25) is 5.91 Å². The van der Waals surface area contributed by atoms with Gasteiger partial charge in [0.25, 0.3) is 0 Å². The number of anilines is 1. The molecule has 148 valence electrons. The summed E-state index contributed by atoms with van der Waals surface area (Å²) in [7, 11) is 3.23. The van der Waals surface area contributed by atoms with E-state index in [-0.39, 0.29) is 18.5 Å². The van der Waals surface area contributed by atoms with Crippen LogP contribution in [0.1, 0.15) is 5.56 Å². The SMILES string of the molecule is COc1ccc(N2CCN(CC(=O)NCCc3ccccc3OC)C2=O)cc1. The molecule has 1 aliphatic rings. The first-order valence-electron chi connectivity index (χ1n) is 9.21. The molecule has 0 bridgehead atoms. The Morgan fingerprint density at radius 3 is 2.50 bits per heavy atom.